The van der Waals surface area contributed by atoms with Crippen LogP contribution in [-0.2, 0) is 0 Å². The van der Waals surface area contributed by atoms with Crippen LogP contribution < -0.4 is 4.90 Å². The smallest absolute Gasteiger partial charge is 0.0622 e. The van der Waals surface area contributed by atoms with Crippen LogP contribution in [0.25, 0.3) is 0 Å². The van der Waals surface area contributed by atoms with Crippen LogP contribution in [0.15, 0.2) is 29.2 Å². The van der Waals surface area contributed by atoms with Crippen molar-refractivity contribution >= 4 is 17.4 Å². The van der Waals surface area contributed by atoms with Crippen molar-refractivity contribution in [2.45, 2.75) is 24.7 Å². The van der Waals surface area contributed by atoms with Crippen LogP contribution in [0.4, 0.5) is 5.69 Å². The third-order valence-electron chi connectivity index (χ3n) is 2.37. The number of nitriles is 1. The molecule has 0 atom stereocenters. The first kappa shape index (κ1) is 12.9. The number of thioether (sulfide) groups is 1. The molecule has 1 rings (SSSR count). The average molecular weight is 234 g/mol. The van der Waals surface area contributed by atoms with Gasteiger partial charge in [0.25, 0.3) is 0 Å². The second kappa shape index (κ2) is 7.19. The monoisotopic (exact) mass is 234 g/mol. The molecule has 0 saturated carbocycles. The number of benzene rings is 1. The Balaban J connectivity index is 2.49. The fraction of sp³-hybridized carbons (Fsp3) is 0.462. The molecule has 0 radical (unpaired) electrons. The van der Waals surface area contributed by atoms with Gasteiger partial charge in [0.1, 0.15) is 0 Å². The predicted molar refractivity (Wildman–Crippen MR) is 71.0 cm³/mol. The number of hydrogen-bond donors (Lipinski definition) is 0. The molecule has 0 saturated heterocycles. The van der Waals surface area contributed by atoms with Gasteiger partial charge in [-0.05, 0) is 36.4 Å². The minimum atomic E-state index is 0.633. The predicted octanol–water partition coefficient (Wildman–Crippen LogP) is 3.54. The Labute approximate surface area is 102 Å². The van der Waals surface area contributed by atoms with E-state index >= 15 is 0 Å². The van der Waals surface area contributed by atoms with Gasteiger partial charge in [0.15, 0.2) is 0 Å². The van der Waals surface area contributed by atoms with Crippen LogP contribution in [-0.4, -0.2) is 19.3 Å². The minimum absolute atomic E-state index is 0.633. The molecule has 0 spiro atoms. The molecular formula is C13H18N2S. The lowest BCUT2D eigenvalue weighted by Gasteiger charge is -2.18. The highest BCUT2D eigenvalue weighted by Crippen LogP contribution is 2.21. The highest BCUT2D eigenvalue weighted by molar-refractivity contribution is 7.99. The normalized spacial score (nSPS) is 9.81. The highest BCUT2D eigenvalue weighted by atomic mass is 32.2. The summed E-state index contributed by atoms with van der Waals surface area (Å²) in [5, 5.41) is 8.47. The third kappa shape index (κ3) is 4.16. The van der Waals surface area contributed by atoms with Gasteiger partial charge in [-0.2, -0.15) is 5.26 Å². The zero-order valence-electron chi connectivity index (χ0n) is 9.94. The molecule has 0 unspecified atom stereocenters. The van der Waals surface area contributed by atoms with Crippen molar-refractivity contribution in [2.75, 3.05) is 24.2 Å². The van der Waals surface area contributed by atoms with Gasteiger partial charge in [-0.3, -0.25) is 0 Å². The Kier molecular flexibility index (Phi) is 5.81. The lowest BCUT2D eigenvalue weighted by Crippen LogP contribution is -2.18. The summed E-state index contributed by atoms with van der Waals surface area (Å²) < 4.78 is 0. The van der Waals surface area contributed by atoms with Gasteiger partial charge < -0.3 is 4.90 Å². The van der Waals surface area contributed by atoms with Gasteiger partial charge in [0.2, 0.25) is 0 Å². The largest absolute Gasteiger partial charge is 0.375 e. The molecule has 86 valence electrons. The zero-order valence-corrected chi connectivity index (χ0v) is 10.8. The fourth-order valence-corrected chi connectivity index (χ4v) is 2.15. The molecule has 0 aliphatic carbocycles. The van der Waals surface area contributed by atoms with Gasteiger partial charge in [-0.15, -0.1) is 11.8 Å². The summed E-state index contributed by atoms with van der Waals surface area (Å²) in [6.45, 7) is 3.10. The summed E-state index contributed by atoms with van der Waals surface area (Å²) in [6, 6.07) is 10.8. The van der Waals surface area contributed by atoms with Crippen LogP contribution in [0.5, 0.6) is 0 Å². The second-order valence-electron chi connectivity index (χ2n) is 3.61. The summed E-state index contributed by atoms with van der Waals surface area (Å²) in [4.78, 5) is 3.51. The summed E-state index contributed by atoms with van der Waals surface area (Å²) in [7, 11) is 2.07. The van der Waals surface area contributed by atoms with Crippen LogP contribution >= 0.6 is 11.8 Å². The van der Waals surface area contributed by atoms with E-state index < -0.39 is 0 Å². The molecular weight excluding hydrogens is 216 g/mol. The number of rotatable bonds is 6. The van der Waals surface area contributed by atoms with Crippen LogP contribution in [0.3, 0.4) is 0 Å². The Morgan fingerprint density at radius 1 is 1.31 bits per heavy atom. The van der Waals surface area contributed by atoms with E-state index in [1.807, 2.05) is 11.8 Å². The Morgan fingerprint density at radius 2 is 2.00 bits per heavy atom. The lowest BCUT2D eigenvalue weighted by atomic mass is 10.2. The molecule has 1 aromatic carbocycles. The van der Waals surface area contributed by atoms with Crippen molar-refractivity contribution in [3.63, 3.8) is 0 Å². The van der Waals surface area contributed by atoms with E-state index in [1.54, 1.807) is 0 Å². The van der Waals surface area contributed by atoms with Gasteiger partial charge in [0.05, 0.1) is 6.07 Å². The van der Waals surface area contributed by atoms with Crippen LogP contribution in [0.1, 0.15) is 19.8 Å². The van der Waals surface area contributed by atoms with E-state index in [-0.39, 0.29) is 0 Å². The Bertz CT molecular complexity index is 340. The molecule has 3 heteroatoms. The molecule has 2 nitrogen and oxygen atoms in total. The van der Waals surface area contributed by atoms with E-state index in [9.17, 15) is 0 Å². The van der Waals surface area contributed by atoms with E-state index in [4.69, 9.17) is 5.26 Å². The fourth-order valence-electron chi connectivity index (χ4n) is 1.49. The molecule has 0 aromatic heterocycles. The van der Waals surface area contributed by atoms with Crippen molar-refractivity contribution < 1.29 is 0 Å². The van der Waals surface area contributed by atoms with Crippen LogP contribution in [0.2, 0.25) is 0 Å². The first-order valence-electron chi connectivity index (χ1n) is 5.59. The number of unbranched alkanes of at least 4 members (excludes halogenated alkanes) is 1. The van der Waals surface area contributed by atoms with Gasteiger partial charge in [0, 0.05) is 30.6 Å². The van der Waals surface area contributed by atoms with Gasteiger partial charge in [-0.1, -0.05) is 6.92 Å². The Morgan fingerprint density at radius 3 is 2.56 bits per heavy atom. The SMILES string of the molecule is CCSc1ccc(N(C)CCCC#N)cc1. The molecule has 16 heavy (non-hydrogen) atoms. The highest BCUT2D eigenvalue weighted by Gasteiger charge is 2.00. The molecule has 0 heterocycles. The maximum Gasteiger partial charge on any atom is 0.0622 e. The quantitative estimate of drug-likeness (QED) is 0.556. The standard InChI is InChI=1S/C13H18N2S/c1-3-16-13-8-6-12(7-9-13)15(2)11-5-4-10-14/h6-9H,3-5,11H2,1-2H3. The van der Waals surface area contributed by atoms with Crippen molar-refractivity contribution in [1.82, 2.24) is 0 Å². The third-order valence-corrected chi connectivity index (χ3v) is 3.26. The first-order chi connectivity index (χ1) is 7.77. The average Bonchev–Trinajstić information content (AvgIpc) is 2.30. The van der Waals surface area contributed by atoms with Crippen molar-refractivity contribution in [3.05, 3.63) is 24.3 Å². The van der Waals surface area contributed by atoms with E-state index in [0.29, 0.717) is 6.42 Å². The summed E-state index contributed by atoms with van der Waals surface area (Å²) in [5.74, 6) is 1.11. The number of nitrogens with zero attached hydrogens (tertiary/aromatic N) is 2. The van der Waals surface area contributed by atoms with E-state index in [0.717, 1.165) is 18.7 Å². The number of hydrogen-bond acceptors (Lipinski definition) is 3. The number of anilines is 1. The van der Waals surface area contributed by atoms with Gasteiger partial charge >= 0.3 is 0 Å². The van der Waals surface area contributed by atoms with E-state index in [1.165, 1.54) is 10.6 Å². The molecule has 0 amide bonds. The summed E-state index contributed by atoms with van der Waals surface area (Å²) in [5.41, 5.74) is 1.22. The van der Waals surface area contributed by atoms with Crippen molar-refractivity contribution in [3.8, 4) is 6.07 Å². The Hall–Kier alpha value is -1.14. The van der Waals surface area contributed by atoms with Crippen LogP contribution in [0, 0.1) is 11.3 Å². The maximum atomic E-state index is 8.47. The van der Waals surface area contributed by atoms with Gasteiger partial charge in [-0.25, -0.2) is 0 Å². The molecule has 0 N–H and O–H groups in total. The summed E-state index contributed by atoms with van der Waals surface area (Å²) in [6.07, 6.45) is 1.56. The lowest BCUT2D eigenvalue weighted by molar-refractivity contribution is 0.806. The maximum absolute atomic E-state index is 8.47. The molecule has 0 aliphatic rings. The van der Waals surface area contributed by atoms with Crippen molar-refractivity contribution in [1.29, 1.82) is 5.26 Å². The molecule has 0 aliphatic heterocycles. The zero-order chi connectivity index (χ0) is 11.8. The van der Waals surface area contributed by atoms with E-state index in [2.05, 4.69) is 49.2 Å². The molecule has 1 aromatic rings. The second-order valence-corrected chi connectivity index (χ2v) is 4.95. The van der Waals surface area contributed by atoms with Crippen molar-refractivity contribution in [2.24, 2.45) is 0 Å². The summed E-state index contributed by atoms with van der Waals surface area (Å²) >= 11 is 1.86. The topological polar surface area (TPSA) is 27.0 Å². The molecule has 0 fully saturated rings. The first-order valence-corrected chi connectivity index (χ1v) is 6.57. The molecule has 0 bridgehead atoms. The minimum Gasteiger partial charge on any atom is -0.375 e.